The number of hydrogen-bond acceptors (Lipinski definition) is 9. The maximum atomic E-state index is 13.5. The zero-order chi connectivity index (χ0) is 30.8. The van der Waals surface area contributed by atoms with Gasteiger partial charge in [0.2, 0.25) is 21.9 Å². The molecule has 1 atom stereocenters. The second-order valence-electron chi connectivity index (χ2n) is 11.8. The average Bonchev–Trinajstić information content (AvgIpc) is 3.39. The third-order valence-corrected chi connectivity index (χ3v) is 7.75. The van der Waals surface area contributed by atoms with Crippen LogP contribution in [-0.2, 0) is 15.4 Å². The standard InChI is InChI=1S/C30H40N6O5S/c1-19-9-10-20(15-25(19)41-26-11-13-31-29(33-26)36-14-12-22(18-36)35(5)6)28(37)32-23-16-21(30(2,3)4)17-24(27(23)40-7)34-42(8,38)39/h9-11,13,15-17,22,34H,12,14,18H2,1-8H3,(H,32,37)/t22-/m0/s1. The molecule has 0 aliphatic carbocycles. The molecular weight excluding hydrogens is 556 g/mol. The molecule has 0 bridgehead atoms. The number of aryl methyl sites for hydroxylation is 1. The highest BCUT2D eigenvalue weighted by atomic mass is 32.2. The van der Waals surface area contributed by atoms with E-state index in [0.29, 0.717) is 34.9 Å². The average molecular weight is 597 g/mol. The first-order chi connectivity index (χ1) is 19.6. The number of amides is 1. The maximum absolute atomic E-state index is 13.5. The first kappa shape index (κ1) is 31.0. The molecule has 2 N–H and O–H groups in total. The van der Waals surface area contributed by atoms with Crippen molar-refractivity contribution < 1.29 is 22.7 Å². The Hall–Kier alpha value is -3.90. The Balaban J connectivity index is 1.60. The van der Waals surface area contributed by atoms with E-state index in [1.165, 1.54) is 7.11 Å². The predicted molar refractivity (Wildman–Crippen MR) is 166 cm³/mol. The fraction of sp³-hybridized carbons (Fsp3) is 0.433. The van der Waals surface area contributed by atoms with Gasteiger partial charge in [-0.2, -0.15) is 4.98 Å². The van der Waals surface area contributed by atoms with E-state index in [1.54, 1.807) is 42.6 Å². The number of carbonyl (C=O) groups excluding carboxylic acids is 1. The first-order valence-electron chi connectivity index (χ1n) is 13.7. The van der Waals surface area contributed by atoms with Crippen LogP contribution in [0.15, 0.2) is 42.6 Å². The molecule has 1 aromatic heterocycles. The minimum Gasteiger partial charge on any atom is -0.492 e. The van der Waals surface area contributed by atoms with Crippen LogP contribution in [0.25, 0.3) is 0 Å². The molecular formula is C30H40N6O5S. The summed E-state index contributed by atoms with van der Waals surface area (Å²) in [6.45, 7) is 9.58. The summed E-state index contributed by atoms with van der Waals surface area (Å²) in [5.41, 5.74) is 2.23. The van der Waals surface area contributed by atoms with Crippen molar-refractivity contribution >= 4 is 33.3 Å². The Morgan fingerprint density at radius 2 is 1.83 bits per heavy atom. The Labute approximate surface area is 248 Å². The van der Waals surface area contributed by atoms with Crippen LogP contribution in [0.5, 0.6) is 17.4 Å². The van der Waals surface area contributed by atoms with Crippen molar-refractivity contribution in [1.82, 2.24) is 14.9 Å². The van der Waals surface area contributed by atoms with Gasteiger partial charge in [0.25, 0.3) is 5.91 Å². The molecule has 42 heavy (non-hydrogen) atoms. The summed E-state index contributed by atoms with van der Waals surface area (Å²) in [7, 11) is 1.97. The van der Waals surface area contributed by atoms with Gasteiger partial charge >= 0.3 is 0 Å². The number of rotatable bonds is 9. The van der Waals surface area contributed by atoms with Crippen molar-refractivity contribution in [3.05, 3.63) is 59.3 Å². The molecule has 0 spiro atoms. The number of carbonyl (C=O) groups is 1. The third kappa shape index (κ3) is 7.48. The van der Waals surface area contributed by atoms with Crippen LogP contribution < -0.4 is 24.4 Å². The molecule has 4 rings (SSSR count). The molecule has 1 aliphatic rings. The van der Waals surface area contributed by atoms with E-state index >= 15 is 0 Å². The van der Waals surface area contributed by atoms with Crippen LogP contribution in [0.1, 0.15) is 48.7 Å². The summed E-state index contributed by atoms with van der Waals surface area (Å²) in [5.74, 6) is 1.26. The Morgan fingerprint density at radius 1 is 1.12 bits per heavy atom. The van der Waals surface area contributed by atoms with Crippen LogP contribution >= 0.6 is 0 Å². The summed E-state index contributed by atoms with van der Waals surface area (Å²) in [5, 5.41) is 2.90. The van der Waals surface area contributed by atoms with Gasteiger partial charge in [0.1, 0.15) is 5.75 Å². The zero-order valence-electron chi connectivity index (χ0n) is 25.5. The summed E-state index contributed by atoms with van der Waals surface area (Å²) >= 11 is 0. The first-order valence-corrected chi connectivity index (χ1v) is 15.6. The molecule has 12 heteroatoms. The highest BCUT2D eigenvalue weighted by molar-refractivity contribution is 7.92. The number of aromatic nitrogens is 2. The highest BCUT2D eigenvalue weighted by Crippen LogP contribution is 2.39. The normalized spacial score (nSPS) is 15.5. The number of methoxy groups -OCH3 is 1. The number of likely N-dealkylation sites (N-methyl/N-ethyl adjacent to an activating group) is 1. The van der Waals surface area contributed by atoms with Crippen LogP contribution in [0.3, 0.4) is 0 Å². The molecule has 1 fully saturated rings. The minimum atomic E-state index is -3.60. The van der Waals surface area contributed by atoms with E-state index in [2.05, 4.69) is 43.9 Å². The number of sulfonamides is 1. The number of anilines is 3. The molecule has 226 valence electrons. The fourth-order valence-corrected chi connectivity index (χ4v) is 5.25. The van der Waals surface area contributed by atoms with Gasteiger partial charge in [-0.1, -0.05) is 26.8 Å². The highest BCUT2D eigenvalue weighted by Gasteiger charge is 2.26. The van der Waals surface area contributed by atoms with Crippen molar-refractivity contribution in [2.24, 2.45) is 0 Å². The Bertz CT molecular complexity index is 1570. The lowest BCUT2D eigenvalue weighted by Gasteiger charge is -2.24. The van der Waals surface area contributed by atoms with Gasteiger partial charge in [0.05, 0.1) is 24.7 Å². The van der Waals surface area contributed by atoms with Gasteiger partial charge in [0, 0.05) is 37.0 Å². The monoisotopic (exact) mass is 596 g/mol. The van der Waals surface area contributed by atoms with Gasteiger partial charge in [-0.15, -0.1) is 0 Å². The van der Waals surface area contributed by atoms with Crippen molar-refractivity contribution in [3.8, 4) is 17.4 Å². The molecule has 0 radical (unpaired) electrons. The molecule has 11 nitrogen and oxygen atoms in total. The second kappa shape index (κ2) is 12.1. The topological polar surface area (TPSA) is 126 Å². The van der Waals surface area contributed by atoms with Gasteiger partial charge in [-0.05, 0) is 68.2 Å². The number of nitrogens with zero attached hydrogens (tertiary/aromatic N) is 4. The summed E-state index contributed by atoms with van der Waals surface area (Å²) in [6.07, 6.45) is 3.77. The molecule has 1 aliphatic heterocycles. The smallest absolute Gasteiger partial charge is 0.255 e. The molecule has 3 aromatic rings. The van der Waals surface area contributed by atoms with Crippen molar-refractivity contribution in [3.63, 3.8) is 0 Å². The van der Waals surface area contributed by atoms with Gasteiger partial charge in [-0.3, -0.25) is 9.52 Å². The van der Waals surface area contributed by atoms with E-state index < -0.39 is 15.9 Å². The van der Waals surface area contributed by atoms with E-state index in [0.717, 1.165) is 36.9 Å². The molecule has 0 saturated carbocycles. The van der Waals surface area contributed by atoms with E-state index in [9.17, 15) is 13.2 Å². The molecule has 1 saturated heterocycles. The van der Waals surface area contributed by atoms with Crippen LogP contribution in [-0.4, -0.2) is 75.8 Å². The predicted octanol–water partition coefficient (Wildman–Crippen LogP) is 4.65. The fourth-order valence-electron chi connectivity index (χ4n) is 4.70. The zero-order valence-corrected chi connectivity index (χ0v) is 26.3. The summed E-state index contributed by atoms with van der Waals surface area (Å²) in [4.78, 5) is 26.9. The second-order valence-corrected chi connectivity index (χ2v) is 13.6. The number of hydrogen-bond donors (Lipinski definition) is 2. The molecule has 2 heterocycles. The Morgan fingerprint density at radius 3 is 2.45 bits per heavy atom. The van der Waals surface area contributed by atoms with Gasteiger partial charge < -0.3 is 24.6 Å². The quantitative estimate of drug-likeness (QED) is 0.363. The largest absolute Gasteiger partial charge is 0.492 e. The molecule has 2 aromatic carbocycles. The number of benzene rings is 2. The van der Waals surface area contributed by atoms with E-state index in [-0.39, 0.29) is 16.9 Å². The van der Waals surface area contributed by atoms with Gasteiger partial charge in [-0.25, -0.2) is 13.4 Å². The third-order valence-electron chi connectivity index (χ3n) is 7.16. The minimum absolute atomic E-state index is 0.206. The van der Waals surface area contributed by atoms with Crippen molar-refractivity contribution in [1.29, 1.82) is 0 Å². The lowest BCUT2D eigenvalue weighted by Crippen LogP contribution is -2.32. The van der Waals surface area contributed by atoms with Crippen LogP contribution in [0.4, 0.5) is 17.3 Å². The molecule has 0 unspecified atom stereocenters. The number of ether oxygens (including phenoxy) is 2. The summed E-state index contributed by atoms with van der Waals surface area (Å²) < 4.78 is 38.3. The van der Waals surface area contributed by atoms with E-state index in [4.69, 9.17) is 9.47 Å². The number of nitrogens with one attached hydrogen (secondary N) is 2. The SMILES string of the molecule is COc1c(NC(=O)c2ccc(C)c(Oc3ccnc(N4CC[C@H](N(C)C)C4)n3)c2)cc(C(C)(C)C)cc1NS(C)(=O)=O. The van der Waals surface area contributed by atoms with Crippen LogP contribution in [0, 0.1) is 6.92 Å². The van der Waals surface area contributed by atoms with Gasteiger partial charge in [0.15, 0.2) is 5.75 Å². The van der Waals surface area contributed by atoms with Crippen LogP contribution in [0.2, 0.25) is 0 Å². The summed E-state index contributed by atoms with van der Waals surface area (Å²) in [6, 6.07) is 10.8. The lowest BCUT2D eigenvalue weighted by molar-refractivity contribution is 0.102. The van der Waals surface area contributed by atoms with Crippen molar-refractivity contribution in [2.75, 3.05) is 55.5 Å². The van der Waals surface area contributed by atoms with E-state index in [1.807, 2.05) is 27.7 Å². The molecule has 1 amide bonds. The Kier molecular flexibility index (Phi) is 8.98. The maximum Gasteiger partial charge on any atom is 0.255 e. The lowest BCUT2D eigenvalue weighted by atomic mass is 9.86. The van der Waals surface area contributed by atoms with Crippen molar-refractivity contribution in [2.45, 2.75) is 45.6 Å².